The first kappa shape index (κ1) is 26.9. The molecule has 190 valence electrons. The van der Waals surface area contributed by atoms with Gasteiger partial charge < -0.3 is 10.4 Å². The van der Waals surface area contributed by atoms with Crippen LogP contribution < -0.4 is 10.3 Å². The van der Waals surface area contributed by atoms with Gasteiger partial charge in [0, 0.05) is 19.1 Å². The smallest absolute Gasteiger partial charge is 0.248 e. The van der Waals surface area contributed by atoms with Gasteiger partial charge in [0.15, 0.2) is 0 Å². The van der Waals surface area contributed by atoms with E-state index < -0.39 is 5.54 Å². The average molecular weight is 482 g/mol. The van der Waals surface area contributed by atoms with Crippen molar-refractivity contribution in [2.45, 2.75) is 72.3 Å². The van der Waals surface area contributed by atoms with Crippen molar-refractivity contribution in [1.29, 1.82) is 0 Å². The van der Waals surface area contributed by atoms with Crippen LogP contribution in [-0.4, -0.2) is 35.4 Å². The first-order valence-electron chi connectivity index (χ1n) is 12.7. The summed E-state index contributed by atoms with van der Waals surface area (Å²) >= 11 is 0. The predicted molar refractivity (Wildman–Crippen MR) is 141 cm³/mol. The summed E-state index contributed by atoms with van der Waals surface area (Å²) in [5, 5.41) is 19.6. The number of halogens is 1. The number of nitrogens with zero attached hydrogens (tertiary/aromatic N) is 2. The Kier molecular flexibility index (Phi) is 8.70. The van der Waals surface area contributed by atoms with Gasteiger partial charge in [-0.3, -0.25) is 4.79 Å². The fourth-order valence-corrected chi connectivity index (χ4v) is 4.77. The van der Waals surface area contributed by atoms with E-state index in [0.29, 0.717) is 6.54 Å². The van der Waals surface area contributed by atoms with E-state index in [1.807, 2.05) is 57.0 Å². The zero-order valence-corrected chi connectivity index (χ0v) is 21.8. The van der Waals surface area contributed by atoms with Gasteiger partial charge in [-0.1, -0.05) is 57.9 Å². The van der Waals surface area contributed by atoms with E-state index in [1.54, 1.807) is 12.1 Å². The molecule has 0 spiro atoms. The maximum Gasteiger partial charge on any atom is 0.248 e. The Hall–Kier alpha value is -2.73. The quantitative estimate of drug-likeness (QED) is 0.396. The fraction of sp³-hybridized carbons (Fsp3) is 0.517. The molecule has 2 aromatic carbocycles. The minimum Gasteiger partial charge on any atom is -0.396 e. The minimum absolute atomic E-state index is 0.0669. The molecule has 2 aromatic rings. The van der Waals surface area contributed by atoms with Crippen LogP contribution in [-0.2, 0) is 4.79 Å². The summed E-state index contributed by atoms with van der Waals surface area (Å²) in [4.78, 5) is 13.9. The maximum absolute atomic E-state index is 13.9. The highest BCUT2D eigenvalue weighted by Gasteiger charge is 2.53. The van der Waals surface area contributed by atoms with Gasteiger partial charge >= 0.3 is 0 Å². The van der Waals surface area contributed by atoms with Gasteiger partial charge in [0.05, 0.1) is 11.4 Å². The third-order valence-electron chi connectivity index (χ3n) is 7.09. The van der Waals surface area contributed by atoms with Crippen LogP contribution >= 0.6 is 0 Å². The largest absolute Gasteiger partial charge is 0.396 e. The molecule has 0 bridgehead atoms. The summed E-state index contributed by atoms with van der Waals surface area (Å²) in [5.74, 6) is -0.510. The van der Waals surface area contributed by atoms with Crippen LogP contribution in [0, 0.1) is 24.1 Å². The van der Waals surface area contributed by atoms with E-state index in [1.165, 1.54) is 12.1 Å². The Bertz CT molecular complexity index is 1030. The van der Waals surface area contributed by atoms with Crippen LogP contribution in [0.25, 0.3) is 0 Å². The molecule has 0 fully saturated rings. The third kappa shape index (κ3) is 6.10. The predicted octanol–water partition coefficient (Wildman–Crippen LogP) is 5.84. The number of hydrazone groups is 1. The molecule has 1 aliphatic rings. The van der Waals surface area contributed by atoms with Crippen LogP contribution in [0.4, 0.5) is 10.1 Å². The molecule has 6 heteroatoms. The molecule has 5 nitrogen and oxygen atoms in total. The molecule has 2 atom stereocenters. The van der Waals surface area contributed by atoms with Crippen molar-refractivity contribution in [2.24, 2.45) is 16.4 Å². The molecule has 0 saturated heterocycles. The van der Waals surface area contributed by atoms with Crippen molar-refractivity contribution in [3.8, 4) is 0 Å². The summed E-state index contributed by atoms with van der Waals surface area (Å²) in [6, 6.07) is 14.4. The molecule has 1 amide bonds. The average Bonchev–Trinajstić information content (AvgIpc) is 3.14. The number of carbonyl (C=O) groups excluding carboxylic acids is 1. The Morgan fingerprint density at radius 1 is 1.20 bits per heavy atom. The molecular formula is C29H40FN3O2. The molecule has 1 heterocycles. The number of benzene rings is 2. The maximum atomic E-state index is 13.9. The van der Waals surface area contributed by atoms with Gasteiger partial charge in [0.1, 0.15) is 11.4 Å². The van der Waals surface area contributed by atoms with E-state index >= 15 is 0 Å². The number of unbranched alkanes of at least 4 members (excludes halogenated alkanes) is 1. The number of rotatable bonds is 11. The molecule has 0 aliphatic carbocycles. The van der Waals surface area contributed by atoms with Gasteiger partial charge in [-0.2, -0.15) is 5.10 Å². The molecule has 2 unspecified atom stereocenters. The summed E-state index contributed by atoms with van der Waals surface area (Å²) in [6.07, 6.45) is 4.37. The third-order valence-corrected chi connectivity index (χ3v) is 7.09. The summed E-state index contributed by atoms with van der Waals surface area (Å²) in [5.41, 5.74) is 2.51. The van der Waals surface area contributed by atoms with E-state index in [2.05, 4.69) is 12.2 Å². The highest BCUT2D eigenvalue weighted by molar-refractivity contribution is 6.10. The molecular weight excluding hydrogens is 441 g/mol. The first-order chi connectivity index (χ1) is 16.6. The number of hydrogen-bond acceptors (Lipinski definition) is 4. The minimum atomic E-state index is -0.931. The number of anilines is 1. The second-order valence-corrected chi connectivity index (χ2v) is 10.7. The molecule has 1 aliphatic heterocycles. The number of hydrogen-bond donors (Lipinski definition) is 2. The van der Waals surface area contributed by atoms with E-state index in [-0.39, 0.29) is 29.7 Å². The van der Waals surface area contributed by atoms with Crippen LogP contribution in [0.3, 0.4) is 0 Å². The Morgan fingerprint density at radius 2 is 1.91 bits per heavy atom. The lowest BCUT2D eigenvalue weighted by Gasteiger charge is -2.38. The monoisotopic (exact) mass is 481 g/mol. The zero-order chi connectivity index (χ0) is 25.6. The van der Waals surface area contributed by atoms with Crippen molar-refractivity contribution < 1.29 is 14.3 Å². The molecule has 0 saturated carbocycles. The van der Waals surface area contributed by atoms with Crippen molar-refractivity contribution in [1.82, 2.24) is 5.32 Å². The van der Waals surface area contributed by atoms with Crippen molar-refractivity contribution >= 4 is 17.3 Å². The Balaban J connectivity index is 1.98. The molecule has 0 radical (unpaired) electrons. The molecule has 0 aromatic heterocycles. The van der Waals surface area contributed by atoms with Crippen molar-refractivity contribution in [2.75, 3.05) is 18.2 Å². The Labute approximate surface area is 209 Å². The number of aryl methyl sites for hydroxylation is 1. The van der Waals surface area contributed by atoms with E-state index in [9.17, 15) is 14.3 Å². The Morgan fingerprint density at radius 3 is 2.54 bits per heavy atom. The summed E-state index contributed by atoms with van der Waals surface area (Å²) < 4.78 is 13.7. The second kappa shape index (κ2) is 11.3. The lowest BCUT2D eigenvalue weighted by molar-refractivity contribution is -0.126. The topological polar surface area (TPSA) is 64.9 Å². The second-order valence-electron chi connectivity index (χ2n) is 10.7. The van der Waals surface area contributed by atoms with Crippen LogP contribution in [0.15, 0.2) is 53.6 Å². The SMILES string of the molecule is CCCCC1C(c2ccc(F)cc2)=NN(c2cccc(C)c2)C1(C)C(=O)NCCCC(C)(C)CO. The van der Waals surface area contributed by atoms with Crippen molar-refractivity contribution in [3.05, 3.63) is 65.5 Å². The molecule has 35 heavy (non-hydrogen) atoms. The highest BCUT2D eigenvalue weighted by Crippen LogP contribution is 2.42. The number of carbonyl (C=O) groups is 1. The number of nitrogens with one attached hydrogen (secondary N) is 1. The highest BCUT2D eigenvalue weighted by atomic mass is 19.1. The summed E-state index contributed by atoms with van der Waals surface area (Å²) in [7, 11) is 0. The number of aliphatic hydroxyl groups excluding tert-OH is 1. The zero-order valence-electron chi connectivity index (χ0n) is 21.8. The van der Waals surface area contributed by atoms with Crippen LogP contribution in [0.1, 0.15) is 70.9 Å². The fourth-order valence-electron chi connectivity index (χ4n) is 4.77. The molecule has 2 N–H and O–H groups in total. The van der Waals surface area contributed by atoms with Crippen LogP contribution in [0.2, 0.25) is 0 Å². The van der Waals surface area contributed by atoms with Gasteiger partial charge in [-0.25, -0.2) is 9.40 Å². The van der Waals surface area contributed by atoms with E-state index in [4.69, 9.17) is 5.10 Å². The molecule has 3 rings (SSSR count). The standard InChI is InChI=1S/C29H40FN3O2/c1-6-7-12-25-26(22-13-15-23(30)16-14-22)32-33(24-11-8-10-21(2)19-24)29(25,5)27(35)31-18-9-17-28(3,4)20-34/h8,10-11,13-16,19,25,34H,6-7,9,12,17-18,20H2,1-5H3,(H,31,35). The lowest BCUT2D eigenvalue weighted by Crippen LogP contribution is -2.58. The van der Waals surface area contributed by atoms with Gasteiger partial charge in [0.2, 0.25) is 5.91 Å². The number of aliphatic hydroxyl groups is 1. The number of amides is 1. The van der Waals surface area contributed by atoms with E-state index in [0.717, 1.165) is 54.6 Å². The normalized spacial score (nSPS) is 20.1. The lowest BCUT2D eigenvalue weighted by atomic mass is 9.77. The van der Waals surface area contributed by atoms with Gasteiger partial charge in [0.25, 0.3) is 0 Å². The van der Waals surface area contributed by atoms with Gasteiger partial charge in [-0.05, 0) is 73.9 Å². The van der Waals surface area contributed by atoms with Crippen molar-refractivity contribution in [3.63, 3.8) is 0 Å². The first-order valence-corrected chi connectivity index (χ1v) is 12.7. The van der Waals surface area contributed by atoms with Gasteiger partial charge in [-0.15, -0.1) is 0 Å². The van der Waals surface area contributed by atoms with Crippen LogP contribution in [0.5, 0.6) is 0 Å². The summed E-state index contributed by atoms with van der Waals surface area (Å²) in [6.45, 7) is 10.8.